The van der Waals surface area contributed by atoms with Crippen LogP contribution in [0.3, 0.4) is 0 Å². The Labute approximate surface area is 98.4 Å². The van der Waals surface area contributed by atoms with Crippen molar-refractivity contribution in [2.45, 2.75) is 37.3 Å². The van der Waals surface area contributed by atoms with Crippen LogP contribution in [0.4, 0.5) is 0 Å². The van der Waals surface area contributed by atoms with Gasteiger partial charge in [0.15, 0.2) is 0 Å². The normalized spacial score (nSPS) is 43.2. The van der Waals surface area contributed by atoms with E-state index in [9.17, 15) is 19.8 Å². The van der Waals surface area contributed by atoms with Crippen LogP contribution in [0, 0.1) is 11.3 Å². The van der Waals surface area contributed by atoms with E-state index in [0.29, 0.717) is 6.42 Å². The highest BCUT2D eigenvalue weighted by Gasteiger charge is 2.64. The molecule has 4 N–H and O–H groups in total. The van der Waals surface area contributed by atoms with E-state index in [1.807, 2.05) is 0 Å². The molecule has 1 fully saturated rings. The van der Waals surface area contributed by atoms with Crippen LogP contribution in [0.15, 0.2) is 0 Å². The topological polar surface area (TPSA) is 101 Å². The van der Waals surface area contributed by atoms with E-state index >= 15 is 0 Å². The Kier molecular flexibility index (Phi) is 3.27. The highest BCUT2D eigenvalue weighted by Crippen LogP contribution is 2.57. The van der Waals surface area contributed by atoms with E-state index in [1.165, 1.54) is 6.92 Å². The SMILES string of the molecule is CC[C@]1(C(=O)O)S[C@H](N)[C@](C)(C(=O)O)[C@@H]1C. The largest absolute Gasteiger partial charge is 0.481 e. The van der Waals surface area contributed by atoms with Gasteiger partial charge in [0.05, 0.1) is 10.8 Å². The minimum atomic E-state index is -1.20. The number of thioether (sulfide) groups is 1. The highest BCUT2D eigenvalue weighted by atomic mass is 32.2. The first-order valence-corrected chi connectivity index (χ1v) is 6.01. The van der Waals surface area contributed by atoms with Crippen LogP contribution in [0.5, 0.6) is 0 Å². The Hall–Kier alpha value is -0.750. The molecule has 1 rings (SSSR count). The van der Waals surface area contributed by atoms with E-state index < -0.39 is 33.4 Å². The lowest BCUT2D eigenvalue weighted by molar-refractivity contribution is -0.153. The van der Waals surface area contributed by atoms with Gasteiger partial charge in [-0.15, -0.1) is 11.8 Å². The second-order valence-corrected chi connectivity index (χ2v) is 5.87. The van der Waals surface area contributed by atoms with Crippen molar-refractivity contribution in [3.63, 3.8) is 0 Å². The summed E-state index contributed by atoms with van der Waals surface area (Å²) < 4.78 is -1.09. The van der Waals surface area contributed by atoms with Crippen LogP contribution in [0.1, 0.15) is 27.2 Å². The molecule has 1 saturated heterocycles. The lowest BCUT2D eigenvalue weighted by Gasteiger charge is -2.32. The average Bonchev–Trinajstić information content (AvgIpc) is 2.41. The fourth-order valence-corrected chi connectivity index (χ4v) is 3.98. The Bertz CT molecular complexity index is 335. The van der Waals surface area contributed by atoms with Gasteiger partial charge in [-0.05, 0) is 19.3 Å². The maximum atomic E-state index is 11.4. The molecule has 0 aromatic rings. The van der Waals surface area contributed by atoms with E-state index in [-0.39, 0.29) is 0 Å². The Morgan fingerprint density at radius 1 is 1.38 bits per heavy atom. The summed E-state index contributed by atoms with van der Waals surface area (Å²) in [6.07, 6.45) is 0.366. The zero-order valence-corrected chi connectivity index (χ0v) is 10.4. The Balaban J connectivity index is 3.25. The molecule has 6 heteroatoms. The minimum absolute atomic E-state index is 0.366. The monoisotopic (exact) mass is 247 g/mol. The summed E-state index contributed by atoms with van der Waals surface area (Å²) in [5.74, 6) is -2.52. The fraction of sp³-hybridized carbons (Fsp3) is 0.800. The molecule has 0 aromatic carbocycles. The van der Waals surface area contributed by atoms with Crippen LogP contribution in [-0.4, -0.2) is 32.3 Å². The summed E-state index contributed by atoms with van der Waals surface area (Å²) >= 11 is 1.06. The predicted octanol–water partition coefficient (Wildman–Crippen LogP) is 0.978. The Morgan fingerprint density at radius 3 is 2.06 bits per heavy atom. The third-order valence-corrected chi connectivity index (χ3v) is 5.86. The van der Waals surface area contributed by atoms with Gasteiger partial charge in [-0.25, -0.2) is 0 Å². The van der Waals surface area contributed by atoms with Crippen LogP contribution in [0.25, 0.3) is 0 Å². The lowest BCUT2D eigenvalue weighted by Crippen LogP contribution is -2.48. The number of nitrogens with two attached hydrogens (primary N) is 1. The smallest absolute Gasteiger partial charge is 0.320 e. The number of hydrogen-bond acceptors (Lipinski definition) is 4. The van der Waals surface area contributed by atoms with Crippen molar-refractivity contribution in [3.05, 3.63) is 0 Å². The number of rotatable bonds is 3. The van der Waals surface area contributed by atoms with E-state index in [0.717, 1.165) is 11.8 Å². The van der Waals surface area contributed by atoms with Crippen molar-refractivity contribution in [2.75, 3.05) is 0 Å². The molecule has 0 aliphatic carbocycles. The average molecular weight is 247 g/mol. The van der Waals surface area contributed by atoms with Crippen molar-refractivity contribution >= 4 is 23.7 Å². The summed E-state index contributed by atoms with van der Waals surface area (Å²) in [7, 11) is 0. The molecule has 0 bridgehead atoms. The molecule has 0 amide bonds. The number of hydrogen-bond donors (Lipinski definition) is 3. The summed E-state index contributed by atoms with van der Waals surface area (Å²) in [5.41, 5.74) is 4.62. The second-order valence-electron chi connectivity index (χ2n) is 4.40. The van der Waals surface area contributed by atoms with Crippen LogP contribution >= 0.6 is 11.8 Å². The van der Waals surface area contributed by atoms with Crippen molar-refractivity contribution in [1.29, 1.82) is 0 Å². The van der Waals surface area contributed by atoms with Crippen molar-refractivity contribution in [2.24, 2.45) is 17.1 Å². The molecular weight excluding hydrogens is 230 g/mol. The van der Waals surface area contributed by atoms with Gasteiger partial charge in [-0.1, -0.05) is 13.8 Å². The fourth-order valence-electron chi connectivity index (χ4n) is 2.27. The Morgan fingerprint density at radius 2 is 1.88 bits per heavy atom. The van der Waals surface area contributed by atoms with E-state index in [2.05, 4.69) is 0 Å². The van der Waals surface area contributed by atoms with Gasteiger partial charge in [0.25, 0.3) is 0 Å². The molecule has 0 saturated carbocycles. The first kappa shape index (κ1) is 13.3. The summed E-state index contributed by atoms with van der Waals surface area (Å²) in [4.78, 5) is 22.6. The van der Waals surface area contributed by atoms with Crippen LogP contribution < -0.4 is 5.73 Å². The molecule has 4 atom stereocenters. The molecule has 0 radical (unpaired) electrons. The van der Waals surface area contributed by atoms with Crippen LogP contribution in [-0.2, 0) is 9.59 Å². The maximum absolute atomic E-state index is 11.4. The van der Waals surface area contributed by atoms with Gasteiger partial charge in [-0.2, -0.15) is 0 Å². The molecule has 1 heterocycles. The van der Waals surface area contributed by atoms with E-state index in [4.69, 9.17) is 5.73 Å². The summed E-state index contributed by atoms with van der Waals surface area (Å²) in [5, 5.41) is 17.8. The maximum Gasteiger partial charge on any atom is 0.320 e. The molecule has 5 nitrogen and oxygen atoms in total. The molecule has 92 valence electrons. The first-order valence-electron chi connectivity index (χ1n) is 5.13. The third kappa shape index (κ3) is 1.43. The minimum Gasteiger partial charge on any atom is -0.481 e. The molecule has 1 aliphatic heterocycles. The number of carboxylic acid groups (broad SMARTS) is 2. The summed E-state index contributed by atoms with van der Waals surface area (Å²) in [6, 6.07) is 0. The number of carbonyl (C=O) groups is 2. The van der Waals surface area contributed by atoms with Crippen molar-refractivity contribution < 1.29 is 19.8 Å². The quantitative estimate of drug-likeness (QED) is 0.687. The van der Waals surface area contributed by atoms with Crippen molar-refractivity contribution in [3.8, 4) is 0 Å². The van der Waals surface area contributed by atoms with Gasteiger partial charge < -0.3 is 15.9 Å². The molecule has 16 heavy (non-hydrogen) atoms. The van der Waals surface area contributed by atoms with E-state index in [1.54, 1.807) is 13.8 Å². The zero-order chi connectivity index (χ0) is 12.7. The first-order chi connectivity index (χ1) is 7.23. The zero-order valence-electron chi connectivity index (χ0n) is 9.56. The van der Waals surface area contributed by atoms with Gasteiger partial charge in [0, 0.05) is 0 Å². The van der Waals surface area contributed by atoms with Gasteiger partial charge in [0.2, 0.25) is 0 Å². The predicted molar refractivity (Wildman–Crippen MR) is 61.1 cm³/mol. The summed E-state index contributed by atoms with van der Waals surface area (Å²) in [6.45, 7) is 4.93. The van der Waals surface area contributed by atoms with Gasteiger partial charge >= 0.3 is 11.9 Å². The molecular formula is C10H17NO4S. The molecule has 1 aliphatic rings. The molecule has 0 spiro atoms. The number of carboxylic acids is 2. The standard InChI is InChI=1S/C10H17NO4S/c1-4-10(8(14)15)5(2)9(3,7(12)13)6(11)16-10/h5-6H,4,11H2,1-3H3,(H,12,13)(H,14,15)/t5-,6-,9+,10-/m0/s1. The molecule has 0 aromatic heterocycles. The number of aliphatic carboxylic acids is 2. The van der Waals surface area contributed by atoms with Gasteiger partial charge in [0.1, 0.15) is 4.75 Å². The lowest BCUT2D eigenvalue weighted by atomic mass is 9.70. The van der Waals surface area contributed by atoms with Gasteiger partial charge in [-0.3, -0.25) is 9.59 Å². The third-order valence-electron chi connectivity index (χ3n) is 3.88. The second kappa shape index (κ2) is 3.92. The highest BCUT2D eigenvalue weighted by molar-refractivity contribution is 8.02. The molecule has 0 unspecified atom stereocenters. The van der Waals surface area contributed by atoms with Crippen molar-refractivity contribution in [1.82, 2.24) is 0 Å². The van der Waals surface area contributed by atoms with Crippen LogP contribution in [0.2, 0.25) is 0 Å².